The van der Waals surface area contributed by atoms with Crippen LogP contribution in [-0.4, -0.2) is 10.5 Å². The highest BCUT2D eigenvalue weighted by Gasteiger charge is 2.24. The minimum Gasteiger partial charge on any atom is -0.343 e. The monoisotopic (exact) mass is 354 g/mol. The summed E-state index contributed by atoms with van der Waals surface area (Å²) in [5.41, 5.74) is 2.80. The van der Waals surface area contributed by atoms with Gasteiger partial charge in [0, 0.05) is 28.7 Å². The van der Waals surface area contributed by atoms with E-state index in [9.17, 15) is 9.59 Å². The van der Waals surface area contributed by atoms with Crippen molar-refractivity contribution in [2.45, 2.75) is 19.4 Å². The molecule has 3 aromatic carbocycles. The van der Waals surface area contributed by atoms with Gasteiger partial charge in [0.25, 0.3) is 5.91 Å². The van der Waals surface area contributed by atoms with Crippen LogP contribution in [0.5, 0.6) is 0 Å². The lowest BCUT2D eigenvalue weighted by Crippen LogP contribution is -2.23. The average Bonchev–Trinajstić information content (AvgIpc) is 3.01. The molecule has 0 saturated carbocycles. The zero-order valence-electron chi connectivity index (χ0n) is 14.9. The summed E-state index contributed by atoms with van der Waals surface area (Å²) in [5.74, 6) is -0.369. The van der Waals surface area contributed by atoms with E-state index in [4.69, 9.17) is 0 Å². The Morgan fingerprint density at radius 3 is 2.63 bits per heavy atom. The molecule has 1 amide bonds. The highest BCUT2D eigenvalue weighted by Crippen LogP contribution is 2.31. The first-order valence-electron chi connectivity index (χ1n) is 9.09. The molecule has 1 aromatic heterocycles. The molecule has 0 radical (unpaired) electrons. The fraction of sp³-hybridized carbons (Fsp3) is 0.130. The van der Waals surface area contributed by atoms with Gasteiger partial charge in [0.05, 0.1) is 5.52 Å². The summed E-state index contributed by atoms with van der Waals surface area (Å²) in [6, 6.07) is 19.6. The summed E-state index contributed by atoms with van der Waals surface area (Å²) in [4.78, 5) is 26.0. The molecule has 0 fully saturated rings. The van der Waals surface area contributed by atoms with E-state index in [0.717, 1.165) is 28.3 Å². The van der Waals surface area contributed by atoms with Gasteiger partial charge in [-0.3, -0.25) is 9.59 Å². The molecule has 0 bridgehead atoms. The first kappa shape index (κ1) is 15.8. The number of para-hydroxylation sites is 1. The van der Waals surface area contributed by atoms with Crippen LogP contribution in [-0.2, 0) is 6.42 Å². The summed E-state index contributed by atoms with van der Waals surface area (Å²) in [5, 5.41) is 5.55. The fourth-order valence-electron chi connectivity index (χ4n) is 4.10. The maximum Gasteiger partial charge on any atom is 0.261 e. The van der Waals surface area contributed by atoms with Crippen LogP contribution in [0.25, 0.3) is 21.7 Å². The van der Waals surface area contributed by atoms with Crippen LogP contribution < -0.4 is 10.7 Å². The number of pyridine rings is 1. The molecule has 132 valence electrons. The quantitative estimate of drug-likeness (QED) is 0.575. The second-order valence-corrected chi connectivity index (χ2v) is 7.13. The molecule has 5 rings (SSSR count). The van der Waals surface area contributed by atoms with Crippen molar-refractivity contribution in [3.05, 3.63) is 88.2 Å². The smallest absolute Gasteiger partial charge is 0.261 e. The van der Waals surface area contributed by atoms with Gasteiger partial charge in [-0.25, -0.2) is 0 Å². The number of hydrogen-bond acceptors (Lipinski definition) is 2. The number of rotatable bonds is 2. The van der Waals surface area contributed by atoms with Gasteiger partial charge in [0.2, 0.25) is 5.43 Å². The Morgan fingerprint density at radius 1 is 1.00 bits per heavy atom. The summed E-state index contributed by atoms with van der Waals surface area (Å²) in [6.07, 6.45) is 2.59. The highest BCUT2D eigenvalue weighted by atomic mass is 16.2. The molecule has 1 aliphatic rings. The van der Waals surface area contributed by atoms with Crippen LogP contribution in [0.4, 0.5) is 5.69 Å². The van der Waals surface area contributed by atoms with E-state index in [2.05, 4.69) is 22.9 Å². The van der Waals surface area contributed by atoms with E-state index >= 15 is 0 Å². The van der Waals surface area contributed by atoms with Gasteiger partial charge in [0.1, 0.15) is 5.56 Å². The lowest BCUT2D eigenvalue weighted by Gasteiger charge is -2.13. The van der Waals surface area contributed by atoms with E-state index < -0.39 is 0 Å². The molecule has 0 spiro atoms. The largest absolute Gasteiger partial charge is 0.343 e. The van der Waals surface area contributed by atoms with E-state index in [-0.39, 0.29) is 22.9 Å². The predicted molar refractivity (Wildman–Crippen MR) is 109 cm³/mol. The maximum absolute atomic E-state index is 13.0. The van der Waals surface area contributed by atoms with Crippen molar-refractivity contribution in [3.8, 4) is 0 Å². The molecule has 1 N–H and O–H groups in total. The Labute approximate surface area is 156 Å². The third-order valence-electron chi connectivity index (χ3n) is 5.41. The molecule has 1 atom stereocenters. The zero-order valence-corrected chi connectivity index (χ0v) is 14.9. The van der Waals surface area contributed by atoms with E-state index in [1.807, 2.05) is 54.6 Å². The molecule has 0 unspecified atom stereocenters. The van der Waals surface area contributed by atoms with Crippen LogP contribution >= 0.6 is 0 Å². The number of benzene rings is 3. The zero-order chi connectivity index (χ0) is 18.5. The fourth-order valence-corrected chi connectivity index (χ4v) is 4.10. The minimum atomic E-state index is -0.369. The standard InChI is InChI=1S/C23H18N2O2/c1-14-12-16-8-4-10-18-21(16)25(14)13-19(22(18)26)23(27)24-20-11-5-7-15-6-2-3-9-17(15)20/h2-11,13-14H,12H2,1H3,(H,24,27)/t14-/m1/s1. The second-order valence-electron chi connectivity index (χ2n) is 7.13. The topological polar surface area (TPSA) is 51.1 Å². The normalized spacial score (nSPS) is 15.4. The van der Waals surface area contributed by atoms with Crippen molar-refractivity contribution in [2.24, 2.45) is 0 Å². The highest BCUT2D eigenvalue weighted by molar-refractivity contribution is 6.10. The minimum absolute atomic E-state index is 0.182. The molecule has 27 heavy (non-hydrogen) atoms. The summed E-state index contributed by atoms with van der Waals surface area (Å²) >= 11 is 0. The third kappa shape index (κ3) is 2.37. The molecule has 4 aromatic rings. The summed E-state index contributed by atoms with van der Waals surface area (Å²) in [7, 11) is 0. The van der Waals surface area contributed by atoms with Crippen molar-refractivity contribution < 1.29 is 4.79 Å². The number of carbonyl (C=O) groups excluding carboxylic acids is 1. The Bertz CT molecular complexity index is 1280. The van der Waals surface area contributed by atoms with Crippen LogP contribution in [0.1, 0.15) is 28.9 Å². The van der Waals surface area contributed by atoms with Crippen molar-refractivity contribution >= 4 is 33.3 Å². The van der Waals surface area contributed by atoms with E-state index in [1.54, 1.807) is 6.20 Å². The molecule has 2 heterocycles. The van der Waals surface area contributed by atoms with Gasteiger partial charge < -0.3 is 9.88 Å². The SMILES string of the molecule is C[C@@H]1Cc2cccc3c(=O)c(C(=O)Nc4cccc5ccccc45)cn1c23. The van der Waals surface area contributed by atoms with Gasteiger partial charge in [-0.2, -0.15) is 0 Å². The van der Waals surface area contributed by atoms with Gasteiger partial charge in [-0.05, 0) is 36.4 Å². The Kier molecular flexibility index (Phi) is 3.41. The first-order valence-corrected chi connectivity index (χ1v) is 9.09. The molecule has 4 heteroatoms. The number of carbonyl (C=O) groups is 1. The summed E-state index contributed by atoms with van der Waals surface area (Å²) < 4.78 is 2.06. The van der Waals surface area contributed by atoms with Crippen LogP contribution in [0, 0.1) is 0 Å². The first-order chi connectivity index (χ1) is 13.1. The third-order valence-corrected chi connectivity index (χ3v) is 5.41. The number of amides is 1. The van der Waals surface area contributed by atoms with Crippen LogP contribution in [0.3, 0.4) is 0 Å². The molecule has 0 saturated heterocycles. The molecule has 1 aliphatic heterocycles. The van der Waals surface area contributed by atoms with E-state index in [1.165, 1.54) is 0 Å². The summed E-state index contributed by atoms with van der Waals surface area (Å²) in [6.45, 7) is 2.11. The maximum atomic E-state index is 13.0. The molecule has 4 nitrogen and oxygen atoms in total. The number of fused-ring (bicyclic) bond motifs is 1. The lowest BCUT2D eigenvalue weighted by molar-refractivity contribution is 0.102. The lowest BCUT2D eigenvalue weighted by atomic mass is 10.1. The van der Waals surface area contributed by atoms with E-state index in [0.29, 0.717) is 11.1 Å². The number of anilines is 1. The second kappa shape index (κ2) is 5.81. The van der Waals surface area contributed by atoms with Crippen molar-refractivity contribution in [1.29, 1.82) is 0 Å². The molecular formula is C23H18N2O2. The Morgan fingerprint density at radius 2 is 1.74 bits per heavy atom. The van der Waals surface area contributed by atoms with Crippen molar-refractivity contribution in [1.82, 2.24) is 4.57 Å². The van der Waals surface area contributed by atoms with Gasteiger partial charge in [0.15, 0.2) is 0 Å². The van der Waals surface area contributed by atoms with Crippen LogP contribution in [0.2, 0.25) is 0 Å². The number of aromatic nitrogens is 1. The average molecular weight is 354 g/mol. The number of nitrogens with one attached hydrogen (secondary N) is 1. The van der Waals surface area contributed by atoms with Crippen molar-refractivity contribution in [3.63, 3.8) is 0 Å². The molecular weight excluding hydrogens is 336 g/mol. The Balaban J connectivity index is 1.63. The van der Waals surface area contributed by atoms with Gasteiger partial charge in [-0.1, -0.05) is 48.5 Å². The van der Waals surface area contributed by atoms with Gasteiger partial charge >= 0.3 is 0 Å². The Hall–Kier alpha value is -3.40. The number of hydrogen-bond donors (Lipinski definition) is 1. The number of nitrogens with zero attached hydrogens (tertiary/aromatic N) is 1. The van der Waals surface area contributed by atoms with Crippen molar-refractivity contribution in [2.75, 3.05) is 5.32 Å². The molecule has 0 aliphatic carbocycles. The predicted octanol–water partition coefficient (Wildman–Crippen LogP) is 4.52. The van der Waals surface area contributed by atoms with Crippen LogP contribution in [0.15, 0.2) is 71.7 Å². The van der Waals surface area contributed by atoms with Gasteiger partial charge in [-0.15, -0.1) is 0 Å².